The van der Waals surface area contributed by atoms with Gasteiger partial charge in [0.15, 0.2) is 6.29 Å². The number of aliphatic hydroxyl groups is 1. The minimum atomic E-state index is -1.04. The van der Waals surface area contributed by atoms with E-state index in [0.717, 1.165) is 18.6 Å². The van der Waals surface area contributed by atoms with Crippen molar-refractivity contribution in [2.45, 2.75) is 25.0 Å². The average Bonchev–Trinajstić information content (AvgIpc) is 3.01. The van der Waals surface area contributed by atoms with Gasteiger partial charge in [-0.3, -0.25) is 0 Å². The van der Waals surface area contributed by atoms with Gasteiger partial charge in [-0.05, 0) is 30.5 Å². The van der Waals surface area contributed by atoms with Gasteiger partial charge in [0.05, 0.1) is 6.10 Å². The van der Waals surface area contributed by atoms with Gasteiger partial charge in [0.2, 0.25) is 0 Å². The fourth-order valence-corrected chi connectivity index (χ4v) is 1.23. The van der Waals surface area contributed by atoms with Gasteiger partial charge in [-0.2, -0.15) is 0 Å². The van der Waals surface area contributed by atoms with E-state index in [2.05, 4.69) is 0 Å². The Morgan fingerprint density at radius 2 is 2.29 bits per heavy atom. The lowest BCUT2D eigenvalue weighted by Gasteiger charge is -2.07. The largest absolute Gasteiger partial charge is 0.490 e. The minimum Gasteiger partial charge on any atom is -0.490 e. The number of carbonyl (C=O) groups is 1. The lowest BCUT2D eigenvalue weighted by atomic mass is 10.1. The normalized spacial score (nSPS) is 17.5. The topological polar surface area (TPSA) is 46.5 Å². The summed E-state index contributed by atoms with van der Waals surface area (Å²) in [7, 11) is 0. The number of carbonyl (C=O) groups excluding carboxylic acids is 1. The molecule has 74 valence electrons. The van der Waals surface area contributed by atoms with Crippen molar-refractivity contribution in [2.24, 2.45) is 0 Å². The number of rotatable bonds is 4. The zero-order chi connectivity index (χ0) is 9.97. The second-order valence-electron chi connectivity index (χ2n) is 3.47. The third-order valence-electron chi connectivity index (χ3n) is 2.16. The second kappa shape index (κ2) is 3.80. The van der Waals surface area contributed by atoms with E-state index >= 15 is 0 Å². The Kier molecular flexibility index (Phi) is 2.50. The molecule has 14 heavy (non-hydrogen) atoms. The molecule has 0 heterocycles. The van der Waals surface area contributed by atoms with Crippen LogP contribution < -0.4 is 4.74 Å². The highest BCUT2D eigenvalue weighted by atomic mass is 16.5. The minimum absolute atomic E-state index is 0.332. The maximum atomic E-state index is 10.4. The number of aldehydes is 1. The molecule has 1 N–H and O–H groups in total. The van der Waals surface area contributed by atoms with Crippen LogP contribution in [0.25, 0.3) is 0 Å². The van der Waals surface area contributed by atoms with Crippen molar-refractivity contribution in [3.8, 4) is 5.75 Å². The van der Waals surface area contributed by atoms with Crippen molar-refractivity contribution in [1.82, 2.24) is 0 Å². The van der Waals surface area contributed by atoms with Gasteiger partial charge in [0.25, 0.3) is 0 Å². The quantitative estimate of drug-likeness (QED) is 0.734. The molecule has 0 bridgehead atoms. The molecular formula is C11H12O3. The smallest absolute Gasteiger partial charge is 0.153 e. The van der Waals surface area contributed by atoms with Crippen LogP contribution in [0, 0.1) is 0 Å². The van der Waals surface area contributed by atoms with Crippen molar-refractivity contribution in [3.63, 3.8) is 0 Å². The van der Waals surface area contributed by atoms with Crippen LogP contribution in [0.3, 0.4) is 0 Å². The van der Waals surface area contributed by atoms with Gasteiger partial charge in [-0.15, -0.1) is 0 Å². The Labute approximate surface area is 82.3 Å². The fraction of sp³-hybridized carbons (Fsp3) is 0.364. The fourth-order valence-electron chi connectivity index (χ4n) is 1.23. The Hall–Kier alpha value is -1.35. The molecule has 0 saturated heterocycles. The standard InChI is InChI=1S/C11H12O3/c12-7-11(13)8-2-1-3-10(6-8)14-9-4-5-9/h1-3,6-7,9,11,13H,4-5H2. The van der Waals surface area contributed by atoms with E-state index in [1.807, 2.05) is 6.07 Å². The highest BCUT2D eigenvalue weighted by molar-refractivity contribution is 5.59. The van der Waals surface area contributed by atoms with Gasteiger partial charge in [-0.25, -0.2) is 0 Å². The summed E-state index contributed by atoms with van der Waals surface area (Å²) < 4.78 is 5.53. The van der Waals surface area contributed by atoms with Crippen LogP contribution in [-0.4, -0.2) is 17.5 Å². The van der Waals surface area contributed by atoms with Crippen molar-refractivity contribution in [1.29, 1.82) is 0 Å². The summed E-state index contributed by atoms with van der Waals surface area (Å²) in [4.78, 5) is 10.4. The lowest BCUT2D eigenvalue weighted by Crippen LogP contribution is -2.00. The molecule has 1 aromatic carbocycles. The first kappa shape index (κ1) is 9.21. The average molecular weight is 192 g/mol. The summed E-state index contributed by atoms with van der Waals surface area (Å²) in [6, 6.07) is 7.02. The summed E-state index contributed by atoms with van der Waals surface area (Å²) in [6.45, 7) is 0. The van der Waals surface area contributed by atoms with Crippen molar-refractivity contribution < 1.29 is 14.6 Å². The molecule has 2 rings (SSSR count). The summed E-state index contributed by atoms with van der Waals surface area (Å²) in [6.07, 6.45) is 1.99. The molecule has 1 aliphatic carbocycles. The summed E-state index contributed by atoms with van der Waals surface area (Å²) in [5, 5.41) is 9.28. The van der Waals surface area contributed by atoms with Crippen LogP contribution in [0.1, 0.15) is 24.5 Å². The molecule has 1 unspecified atom stereocenters. The van der Waals surface area contributed by atoms with Crippen molar-refractivity contribution >= 4 is 6.29 Å². The van der Waals surface area contributed by atoms with Gasteiger partial charge < -0.3 is 14.6 Å². The van der Waals surface area contributed by atoms with E-state index in [9.17, 15) is 9.90 Å². The molecule has 1 atom stereocenters. The Morgan fingerprint density at radius 3 is 2.93 bits per heavy atom. The molecule has 1 aliphatic rings. The third kappa shape index (κ3) is 2.12. The Balaban J connectivity index is 2.12. The first-order valence-electron chi connectivity index (χ1n) is 4.69. The number of aliphatic hydroxyl groups excluding tert-OH is 1. The summed E-state index contributed by atoms with van der Waals surface area (Å²) >= 11 is 0. The van der Waals surface area contributed by atoms with Crippen LogP contribution in [0.2, 0.25) is 0 Å². The highest BCUT2D eigenvalue weighted by Crippen LogP contribution is 2.27. The van der Waals surface area contributed by atoms with E-state index in [1.54, 1.807) is 18.2 Å². The second-order valence-corrected chi connectivity index (χ2v) is 3.47. The van der Waals surface area contributed by atoms with Crippen molar-refractivity contribution in [2.75, 3.05) is 0 Å². The molecule has 0 aliphatic heterocycles. The van der Waals surface area contributed by atoms with E-state index in [4.69, 9.17) is 4.74 Å². The van der Waals surface area contributed by atoms with Crippen LogP contribution in [0.4, 0.5) is 0 Å². The lowest BCUT2D eigenvalue weighted by molar-refractivity contribution is -0.115. The van der Waals surface area contributed by atoms with Crippen molar-refractivity contribution in [3.05, 3.63) is 29.8 Å². The first-order valence-corrected chi connectivity index (χ1v) is 4.69. The van der Waals surface area contributed by atoms with Crippen LogP contribution in [0.15, 0.2) is 24.3 Å². The SMILES string of the molecule is O=CC(O)c1cccc(OC2CC2)c1. The highest BCUT2D eigenvalue weighted by Gasteiger charge is 2.23. The zero-order valence-corrected chi connectivity index (χ0v) is 7.72. The van der Waals surface area contributed by atoms with Gasteiger partial charge in [0.1, 0.15) is 11.9 Å². The molecule has 0 amide bonds. The molecular weight excluding hydrogens is 180 g/mol. The predicted molar refractivity (Wildman–Crippen MR) is 51.1 cm³/mol. The molecule has 3 nitrogen and oxygen atoms in total. The van der Waals surface area contributed by atoms with Gasteiger partial charge in [-0.1, -0.05) is 12.1 Å². The predicted octanol–water partition coefficient (Wildman–Crippen LogP) is 1.46. The van der Waals surface area contributed by atoms with Crippen LogP contribution in [0.5, 0.6) is 5.75 Å². The van der Waals surface area contributed by atoms with Crippen LogP contribution >= 0.6 is 0 Å². The maximum absolute atomic E-state index is 10.4. The Bertz CT molecular complexity index is 331. The molecule has 3 heteroatoms. The maximum Gasteiger partial charge on any atom is 0.153 e. The van der Waals surface area contributed by atoms with Crippen LogP contribution in [-0.2, 0) is 4.79 Å². The molecule has 0 spiro atoms. The number of hydrogen-bond acceptors (Lipinski definition) is 3. The zero-order valence-electron chi connectivity index (χ0n) is 7.72. The molecule has 1 aromatic rings. The molecule has 1 fully saturated rings. The summed E-state index contributed by atoms with van der Waals surface area (Å²) in [5.74, 6) is 0.728. The first-order chi connectivity index (χ1) is 6.79. The van der Waals surface area contributed by atoms with E-state index < -0.39 is 6.10 Å². The van der Waals surface area contributed by atoms with E-state index in [1.165, 1.54) is 0 Å². The Morgan fingerprint density at radius 1 is 1.50 bits per heavy atom. The van der Waals surface area contributed by atoms with Gasteiger partial charge >= 0.3 is 0 Å². The van der Waals surface area contributed by atoms with Gasteiger partial charge in [0, 0.05) is 0 Å². The summed E-state index contributed by atoms with van der Waals surface area (Å²) in [5.41, 5.74) is 0.582. The van der Waals surface area contributed by atoms with E-state index in [-0.39, 0.29) is 0 Å². The number of benzene rings is 1. The number of hydrogen-bond donors (Lipinski definition) is 1. The monoisotopic (exact) mass is 192 g/mol. The molecule has 0 aromatic heterocycles. The molecule has 1 saturated carbocycles. The third-order valence-corrected chi connectivity index (χ3v) is 2.16. The van der Waals surface area contributed by atoms with E-state index in [0.29, 0.717) is 18.0 Å². The number of ether oxygens (including phenoxy) is 1. The molecule has 0 radical (unpaired) electrons.